The van der Waals surface area contributed by atoms with Crippen molar-refractivity contribution in [1.82, 2.24) is 0 Å². The first-order valence-corrected chi connectivity index (χ1v) is 14.6. The normalized spacial score (nSPS) is 13.9. The van der Waals surface area contributed by atoms with Gasteiger partial charge in [-0.2, -0.15) is 0 Å². The molecule has 0 saturated heterocycles. The number of carboxylic acid groups (broad SMARTS) is 1. The summed E-state index contributed by atoms with van der Waals surface area (Å²) < 4.78 is 0. The Kier molecular flexibility index (Phi) is 19.6. The van der Waals surface area contributed by atoms with Gasteiger partial charge in [-0.1, -0.05) is 143 Å². The minimum atomic E-state index is -0.635. The fraction of sp³-hybridized carbons (Fsp3) is 0.967. The first-order chi connectivity index (χ1) is 15.4. The monoisotopic (exact) mass is 452 g/mol. The van der Waals surface area contributed by atoms with Gasteiger partial charge in [-0.05, 0) is 38.5 Å². The summed E-state index contributed by atoms with van der Waals surface area (Å²) in [4.78, 5) is 12.4. The van der Waals surface area contributed by atoms with Crippen molar-refractivity contribution in [2.45, 2.75) is 176 Å². The fourth-order valence-electron chi connectivity index (χ4n) is 5.45. The fourth-order valence-corrected chi connectivity index (χ4v) is 5.45. The summed E-state index contributed by atoms with van der Waals surface area (Å²) in [7, 11) is 0. The number of hydrogen-bond acceptors (Lipinski definition) is 1. The molecule has 0 aliphatic rings. The summed E-state index contributed by atoms with van der Waals surface area (Å²) in [5.41, 5.74) is -0.678. The minimum absolute atomic E-state index is 0.0427. The van der Waals surface area contributed by atoms with Gasteiger partial charge in [0.2, 0.25) is 0 Å². The van der Waals surface area contributed by atoms with Crippen molar-refractivity contribution in [2.24, 2.45) is 10.8 Å². The highest BCUT2D eigenvalue weighted by molar-refractivity contribution is 5.74. The molecule has 0 radical (unpaired) electrons. The van der Waals surface area contributed by atoms with E-state index in [1.165, 1.54) is 122 Å². The van der Waals surface area contributed by atoms with Gasteiger partial charge in [0.15, 0.2) is 0 Å². The summed E-state index contributed by atoms with van der Waals surface area (Å²) >= 11 is 0. The summed E-state index contributed by atoms with van der Waals surface area (Å²) in [5, 5.41) is 10.2. The molecular formula is C30H60O2. The lowest BCUT2D eigenvalue weighted by atomic mass is 9.58. The van der Waals surface area contributed by atoms with Crippen LogP contribution in [0.3, 0.4) is 0 Å². The van der Waals surface area contributed by atoms with Crippen LogP contribution < -0.4 is 0 Å². The highest BCUT2D eigenvalue weighted by Crippen LogP contribution is 2.51. The van der Waals surface area contributed by atoms with E-state index in [-0.39, 0.29) is 5.41 Å². The zero-order chi connectivity index (χ0) is 24.1. The van der Waals surface area contributed by atoms with Crippen molar-refractivity contribution in [2.75, 3.05) is 0 Å². The molecule has 0 bridgehead atoms. The van der Waals surface area contributed by atoms with Crippen LogP contribution in [0.5, 0.6) is 0 Å². The van der Waals surface area contributed by atoms with Crippen LogP contribution in [0.2, 0.25) is 0 Å². The Labute approximate surface area is 202 Å². The number of carbonyl (C=O) groups is 1. The van der Waals surface area contributed by atoms with Gasteiger partial charge in [0.25, 0.3) is 0 Å². The van der Waals surface area contributed by atoms with E-state index in [0.717, 1.165) is 19.3 Å². The summed E-state index contributed by atoms with van der Waals surface area (Å²) in [6, 6.07) is 0. The molecule has 1 unspecified atom stereocenters. The van der Waals surface area contributed by atoms with Gasteiger partial charge in [0, 0.05) is 0 Å². The lowest BCUT2D eigenvalue weighted by Crippen LogP contribution is -2.44. The van der Waals surface area contributed by atoms with Crippen molar-refractivity contribution >= 4 is 5.97 Å². The lowest BCUT2D eigenvalue weighted by Gasteiger charge is -2.45. The molecule has 1 N–H and O–H groups in total. The van der Waals surface area contributed by atoms with Gasteiger partial charge in [0.1, 0.15) is 0 Å². The van der Waals surface area contributed by atoms with Gasteiger partial charge in [0.05, 0.1) is 5.41 Å². The second-order valence-corrected chi connectivity index (χ2v) is 11.1. The molecule has 32 heavy (non-hydrogen) atoms. The van der Waals surface area contributed by atoms with E-state index in [2.05, 4.69) is 20.8 Å². The second kappa shape index (κ2) is 19.9. The van der Waals surface area contributed by atoms with E-state index in [9.17, 15) is 9.90 Å². The Bertz CT molecular complexity index is 429. The molecule has 0 heterocycles. The quantitative estimate of drug-likeness (QED) is 0.148. The molecule has 1 atom stereocenters. The van der Waals surface area contributed by atoms with E-state index in [4.69, 9.17) is 0 Å². The van der Waals surface area contributed by atoms with Crippen LogP contribution in [0, 0.1) is 10.8 Å². The van der Waals surface area contributed by atoms with Crippen LogP contribution in [0.25, 0.3) is 0 Å². The van der Waals surface area contributed by atoms with E-state index in [1.54, 1.807) is 0 Å². The summed E-state index contributed by atoms with van der Waals surface area (Å²) in [5.74, 6) is -0.591. The van der Waals surface area contributed by atoms with Gasteiger partial charge in [-0.25, -0.2) is 0 Å². The molecule has 0 aromatic heterocycles. The van der Waals surface area contributed by atoms with Crippen molar-refractivity contribution in [1.29, 1.82) is 0 Å². The van der Waals surface area contributed by atoms with Crippen LogP contribution in [0.15, 0.2) is 0 Å². The van der Waals surface area contributed by atoms with E-state index < -0.39 is 11.4 Å². The van der Waals surface area contributed by atoms with Crippen molar-refractivity contribution in [3.05, 3.63) is 0 Å². The first-order valence-electron chi connectivity index (χ1n) is 14.6. The number of carboxylic acids is 1. The van der Waals surface area contributed by atoms with Crippen molar-refractivity contribution in [3.63, 3.8) is 0 Å². The van der Waals surface area contributed by atoms with Gasteiger partial charge >= 0.3 is 5.97 Å². The third-order valence-corrected chi connectivity index (χ3v) is 8.14. The molecule has 0 fully saturated rings. The maximum Gasteiger partial charge on any atom is 0.309 e. The van der Waals surface area contributed by atoms with E-state index in [0.29, 0.717) is 0 Å². The molecule has 0 amide bonds. The third kappa shape index (κ3) is 13.2. The predicted molar refractivity (Wildman–Crippen MR) is 142 cm³/mol. The van der Waals surface area contributed by atoms with Crippen LogP contribution in [0.1, 0.15) is 176 Å². The van der Waals surface area contributed by atoms with Crippen molar-refractivity contribution in [3.8, 4) is 0 Å². The molecular weight excluding hydrogens is 392 g/mol. The van der Waals surface area contributed by atoms with Gasteiger partial charge < -0.3 is 5.11 Å². The standard InChI is InChI=1S/C30H60O2/c1-6-9-12-14-16-17-18-19-21-24-27-30(25-22-11-8-3,29(4,5)28(31)32)26-23-20-15-13-10-7-2/h6-27H2,1-5H3,(H,31,32). The van der Waals surface area contributed by atoms with Crippen LogP contribution in [-0.2, 0) is 4.79 Å². The predicted octanol–water partition coefficient (Wildman–Crippen LogP) is 10.7. The van der Waals surface area contributed by atoms with Gasteiger partial charge in [-0.3, -0.25) is 4.79 Å². The van der Waals surface area contributed by atoms with Crippen molar-refractivity contribution < 1.29 is 9.90 Å². The molecule has 192 valence electrons. The molecule has 2 heteroatoms. The topological polar surface area (TPSA) is 37.3 Å². The maximum absolute atomic E-state index is 12.4. The Morgan fingerprint density at radius 3 is 1.06 bits per heavy atom. The Morgan fingerprint density at radius 2 is 0.750 bits per heavy atom. The number of rotatable bonds is 24. The average Bonchev–Trinajstić information content (AvgIpc) is 2.76. The van der Waals surface area contributed by atoms with E-state index >= 15 is 0 Å². The molecule has 0 saturated carbocycles. The second-order valence-electron chi connectivity index (χ2n) is 11.1. The molecule has 2 nitrogen and oxygen atoms in total. The number of hydrogen-bond donors (Lipinski definition) is 1. The average molecular weight is 453 g/mol. The first kappa shape index (κ1) is 31.5. The van der Waals surface area contributed by atoms with Crippen LogP contribution in [-0.4, -0.2) is 11.1 Å². The number of aliphatic carboxylic acids is 1. The SMILES string of the molecule is CCCCCCCCCCCCC(CCCCC)(CCCCCCCC)C(C)(C)C(=O)O. The third-order valence-electron chi connectivity index (χ3n) is 8.14. The molecule has 0 rings (SSSR count). The maximum atomic E-state index is 12.4. The molecule has 0 spiro atoms. The van der Waals surface area contributed by atoms with E-state index in [1.807, 2.05) is 13.8 Å². The molecule has 0 aromatic rings. The van der Waals surface area contributed by atoms with Gasteiger partial charge in [-0.15, -0.1) is 0 Å². The summed E-state index contributed by atoms with van der Waals surface area (Å²) in [6.45, 7) is 10.8. The largest absolute Gasteiger partial charge is 0.481 e. The minimum Gasteiger partial charge on any atom is -0.481 e. The summed E-state index contributed by atoms with van der Waals surface area (Å²) in [6.07, 6.45) is 28.1. The lowest BCUT2D eigenvalue weighted by molar-refractivity contribution is -0.157. The zero-order valence-electron chi connectivity index (χ0n) is 22.9. The molecule has 0 aliphatic carbocycles. The van der Waals surface area contributed by atoms with Crippen LogP contribution in [0.4, 0.5) is 0 Å². The smallest absolute Gasteiger partial charge is 0.309 e. The van der Waals surface area contributed by atoms with Crippen LogP contribution >= 0.6 is 0 Å². The highest BCUT2D eigenvalue weighted by atomic mass is 16.4. The highest BCUT2D eigenvalue weighted by Gasteiger charge is 2.48. The Hall–Kier alpha value is -0.530. The number of unbranched alkanes of at least 4 members (excludes halogenated alkanes) is 16. The zero-order valence-corrected chi connectivity index (χ0v) is 22.9. The molecule has 0 aliphatic heterocycles. The molecule has 0 aromatic carbocycles. The Balaban J connectivity index is 4.76. The Morgan fingerprint density at radius 1 is 0.500 bits per heavy atom.